The number of halogens is 1. The van der Waals surface area contributed by atoms with E-state index in [1.807, 2.05) is 43.3 Å². The molecule has 6 rings (SSSR count). The average Bonchev–Trinajstić information content (AvgIpc) is 3.68. The van der Waals surface area contributed by atoms with Crippen LogP contribution < -0.4 is 5.73 Å². The summed E-state index contributed by atoms with van der Waals surface area (Å²) in [5, 5.41) is 9.53. The highest BCUT2D eigenvalue weighted by molar-refractivity contribution is 6.35. The number of rotatable bonds is 5. The van der Waals surface area contributed by atoms with Gasteiger partial charge in [-0.1, -0.05) is 41.1 Å². The van der Waals surface area contributed by atoms with Crippen LogP contribution in [0.4, 0.5) is 0 Å². The molecule has 4 aromatic rings. The van der Waals surface area contributed by atoms with Gasteiger partial charge in [0.2, 0.25) is 0 Å². The van der Waals surface area contributed by atoms with Crippen molar-refractivity contribution in [3.8, 4) is 11.3 Å². The quantitative estimate of drug-likeness (QED) is 0.419. The SMILES string of the molecule is C[C@@H]1CN(C(=O)c2ccc3c(Cl)cc(-c4cccc(CN)c4)nc3c2)CCN1C(=O)c1cn(C2CC2)nn1. The van der Waals surface area contributed by atoms with Crippen LogP contribution in [0.1, 0.15) is 52.2 Å². The van der Waals surface area contributed by atoms with Gasteiger partial charge in [0.15, 0.2) is 5.69 Å². The Labute approximate surface area is 225 Å². The Morgan fingerprint density at radius 2 is 1.92 bits per heavy atom. The molecule has 2 aromatic heterocycles. The van der Waals surface area contributed by atoms with E-state index < -0.39 is 0 Å². The van der Waals surface area contributed by atoms with Crippen LogP contribution in [0.15, 0.2) is 54.7 Å². The third-order valence-corrected chi connectivity index (χ3v) is 7.60. The summed E-state index contributed by atoms with van der Waals surface area (Å²) in [6.45, 7) is 3.68. The van der Waals surface area contributed by atoms with Gasteiger partial charge in [0.25, 0.3) is 11.8 Å². The van der Waals surface area contributed by atoms with Gasteiger partial charge in [-0.15, -0.1) is 5.10 Å². The zero-order valence-corrected chi connectivity index (χ0v) is 21.8. The van der Waals surface area contributed by atoms with Crippen LogP contribution in [0.5, 0.6) is 0 Å². The monoisotopic (exact) mass is 529 g/mol. The minimum Gasteiger partial charge on any atom is -0.335 e. The number of piperazine rings is 1. The first-order valence-corrected chi connectivity index (χ1v) is 13.2. The number of hydrogen-bond donors (Lipinski definition) is 1. The van der Waals surface area contributed by atoms with Gasteiger partial charge in [-0.2, -0.15) is 0 Å². The van der Waals surface area contributed by atoms with Crippen LogP contribution in [-0.2, 0) is 6.54 Å². The number of nitrogens with two attached hydrogens (primary N) is 1. The van der Waals surface area contributed by atoms with Gasteiger partial charge in [-0.05, 0) is 49.6 Å². The molecule has 1 atom stereocenters. The normalized spacial score (nSPS) is 17.7. The van der Waals surface area contributed by atoms with Crippen molar-refractivity contribution < 1.29 is 9.59 Å². The van der Waals surface area contributed by atoms with Crippen molar-refractivity contribution in [2.45, 2.75) is 38.4 Å². The zero-order chi connectivity index (χ0) is 26.4. The van der Waals surface area contributed by atoms with Gasteiger partial charge in [0.1, 0.15) is 0 Å². The van der Waals surface area contributed by atoms with Gasteiger partial charge in [0, 0.05) is 48.7 Å². The molecule has 1 aliphatic carbocycles. The van der Waals surface area contributed by atoms with Crippen molar-refractivity contribution in [3.63, 3.8) is 0 Å². The van der Waals surface area contributed by atoms with Gasteiger partial charge in [-0.25, -0.2) is 9.67 Å². The number of nitrogens with zero attached hydrogens (tertiary/aromatic N) is 6. The Morgan fingerprint density at radius 1 is 1.08 bits per heavy atom. The second-order valence-electron chi connectivity index (χ2n) is 10.0. The lowest BCUT2D eigenvalue weighted by atomic mass is 10.0. The number of fused-ring (bicyclic) bond motifs is 1. The second kappa shape index (κ2) is 9.81. The Morgan fingerprint density at radius 3 is 2.68 bits per heavy atom. The molecule has 2 amide bonds. The summed E-state index contributed by atoms with van der Waals surface area (Å²) in [6, 6.07) is 15.3. The van der Waals surface area contributed by atoms with Crippen molar-refractivity contribution in [1.29, 1.82) is 0 Å². The van der Waals surface area contributed by atoms with E-state index in [1.54, 1.807) is 32.8 Å². The van der Waals surface area contributed by atoms with Crippen molar-refractivity contribution in [3.05, 3.63) is 76.6 Å². The molecule has 1 saturated carbocycles. The molecule has 0 spiro atoms. The van der Waals surface area contributed by atoms with Crippen molar-refractivity contribution in [2.24, 2.45) is 5.73 Å². The lowest BCUT2D eigenvalue weighted by molar-refractivity contribution is 0.0411. The molecule has 2 fully saturated rings. The molecule has 0 radical (unpaired) electrons. The first-order valence-electron chi connectivity index (χ1n) is 12.8. The van der Waals surface area contributed by atoms with Crippen molar-refractivity contribution in [1.82, 2.24) is 29.8 Å². The highest BCUT2D eigenvalue weighted by Crippen LogP contribution is 2.34. The summed E-state index contributed by atoms with van der Waals surface area (Å²) < 4.78 is 1.78. The van der Waals surface area contributed by atoms with Crippen LogP contribution in [0.25, 0.3) is 22.2 Å². The fraction of sp³-hybridized carbons (Fsp3) is 0.321. The van der Waals surface area contributed by atoms with Crippen LogP contribution in [0, 0.1) is 0 Å². The molecular formula is C28H28ClN7O2. The van der Waals surface area contributed by atoms with Gasteiger partial charge in [0.05, 0.1) is 28.5 Å². The summed E-state index contributed by atoms with van der Waals surface area (Å²) in [5.74, 6) is -0.244. The maximum atomic E-state index is 13.5. The van der Waals surface area contributed by atoms with E-state index in [-0.39, 0.29) is 17.9 Å². The summed E-state index contributed by atoms with van der Waals surface area (Å²) in [4.78, 5) is 34.9. The highest BCUT2D eigenvalue weighted by atomic mass is 35.5. The minimum atomic E-state index is -0.152. The lowest BCUT2D eigenvalue weighted by Gasteiger charge is -2.39. The standard InChI is InChI=1S/C28H28ClN7O2/c1-17-15-34(9-10-35(17)28(38)26-16-36(33-32-26)21-6-7-21)27(37)20-5-8-22-23(29)13-24(31-25(22)12-20)19-4-2-3-18(11-19)14-30/h2-5,8,11-13,16-17,21H,6-7,9-10,14-15,30H2,1H3/t17-/m1/s1. The number of benzene rings is 2. The third kappa shape index (κ3) is 4.63. The second-order valence-corrected chi connectivity index (χ2v) is 10.4. The summed E-state index contributed by atoms with van der Waals surface area (Å²) in [7, 11) is 0. The number of carbonyl (C=O) groups is 2. The average molecular weight is 530 g/mol. The van der Waals surface area contributed by atoms with Crippen LogP contribution in [0.2, 0.25) is 5.02 Å². The topological polar surface area (TPSA) is 110 Å². The Kier molecular flexibility index (Phi) is 6.33. The fourth-order valence-electron chi connectivity index (χ4n) is 4.99. The maximum Gasteiger partial charge on any atom is 0.276 e. The summed E-state index contributed by atoms with van der Waals surface area (Å²) >= 11 is 6.60. The predicted octanol–water partition coefficient (Wildman–Crippen LogP) is 3.93. The van der Waals surface area contributed by atoms with E-state index >= 15 is 0 Å². The molecule has 194 valence electrons. The summed E-state index contributed by atoms with van der Waals surface area (Å²) in [6.07, 6.45) is 3.89. The van der Waals surface area contributed by atoms with E-state index in [0.29, 0.717) is 54.0 Å². The Hall–Kier alpha value is -3.82. The van der Waals surface area contributed by atoms with E-state index in [1.165, 1.54) is 0 Å². The molecule has 0 bridgehead atoms. The van der Waals surface area contributed by atoms with E-state index in [4.69, 9.17) is 22.3 Å². The molecule has 3 heterocycles. The van der Waals surface area contributed by atoms with Crippen LogP contribution >= 0.6 is 11.6 Å². The summed E-state index contributed by atoms with van der Waals surface area (Å²) in [5.41, 5.74) is 9.99. The first-order chi connectivity index (χ1) is 18.4. The smallest absolute Gasteiger partial charge is 0.276 e. The van der Waals surface area contributed by atoms with Gasteiger partial charge >= 0.3 is 0 Å². The molecule has 0 unspecified atom stereocenters. The number of pyridine rings is 1. The highest BCUT2D eigenvalue weighted by Gasteiger charge is 2.33. The molecule has 38 heavy (non-hydrogen) atoms. The van der Waals surface area contributed by atoms with Crippen molar-refractivity contribution in [2.75, 3.05) is 19.6 Å². The Balaban J connectivity index is 1.20. The molecular weight excluding hydrogens is 502 g/mol. The number of hydrogen-bond acceptors (Lipinski definition) is 6. The van der Waals surface area contributed by atoms with Crippen LogP contribution in [0.3, 0.4) is 0 Å². The van der Waals surface area contributed by atoms with Gasteiger partial charge < -0.3 is 15.5 Å². The Bertz CT molecular complexity index is 1550. The fourth-order valence-corrected chi connectivity index (χ4v) is 5.25. The molecule has 9 nitrogen and oxygen atoms in total. The van der Waals surface area contributed by atoms with Crippen molar-refractivity contribution >= 4 is 34.3 Å². The lowest BCUT2D eigenvalue weighted by Crippen LogP contribution is -2.55. The molecule has 2 aliphatic rings. The number of amides is 2. The largest absolute Gasteiger partial charge is 0.335 e. The molecule has 1 saturated heterocycles. The number of carbonyl (C=O) groups excluding carboxylic acids is 2. The molecule has 2 N–H and O–H groups in total. The van der Waals surface area contributed by atoms with E-state index in [0.717, 1.165) is 35.0 Å². The minimum absolute atomic E-state index is 0.0982. The predicted molar refractivity (Wildman–Crippen MR) is 145 cm³/mol. The molecule has 10 heteroatoms. The maximum absolute atomic E-state index is 13.5. The van der Waals surface area contributed by atoms with Crippen LogP contribution in [-0.4, -0.2) is 67.3 Å². The molecule has 1 aliphatic heterocycles. The molecule has 2 aromatic carbocycles. The van der Waals surface area contributed by atoms with Gasteiger partial charge in [-0.3, -0.25) is 9.59 Å². The zero-order valence-electron chi connectivity index (χ0n) is 21.0. The third-order valence-electron chi connectivity index (χ3n) is 7.29. The number of aromatic nitrogens is 4. The van der Waals surface area contributed by atoms with E-state index in [2.05, 4.69) is 10.3 Å². The first kappa shape index (κ1) is 24.5. The van der Waals surface area contributed by atoms with E-state index in [9.17, 15) is 9.59 Å².